The zero-order valence-electron chi connectivity index (χ0n) is 13.6. The summed E-state index contributed by atoms with van der Waals surface area (Å²) in [7, 11) is 0. The molecule has 1 aliphatic rings. The van der Waals surface area contributed by atoms with Gasteiger partial charge in [0.2, 0.25) is 5.91 Å². The number of amides is 1. The number of anilines is 1. The normalized spacial score (nSPS) is 15.4. The van der Waals surface area contributed by atoms with Crippen molar-refractivity contribution in [2.45, 2.75) is 58.8 Å². The third-order valence-corrected chi connectivity index (χ3v) is 4.60. The monoisotopic (exact) mass is 318 g/mol. The molecule has 1 aliphatic carbocycles. The van der Waals surface area contributed by atoms with Gasteiger partial charge in [-0.3, -0.25) is 4.79 Å². The van der Waals surface area contributed by atoms with E-state index < -0.39 is 0 Å². The first-order valence-electron chi connectivity index (χ1n) is 8.22. The zero-order chi connectivity index (χ0) is 15.9. The van der Waals surface area contributed by atoms with E-state index in [1.165, 1.54) is 37.7 Å². The van der Waals surface area contributed by atoms with Gasteiger partial charge in [0.25, 0.3) is 0 Å². The molecule has 1 aromatic carbocycles. The third-order valence-electron chi connectivity index (χ3n) is 4.40. The molecule has 1 saturated carbocycles. The average molecular weight is 318 g/mol. The van der Waals surface area contributed by atoms with Crippen molar-refractivity contribution in [2.75, 3.05) is 5.32 Å². The molecule has 0 aliphatic heterocycles. The molecule has 0 aromatic heterocycles. The van der Waals surface area contributed by atoms with Crippen LogP contribution in [0.3, 0.4) is 0 Å². The van der Waals surface area contributed by atoms with Crippen LogP contribution in [0.15, 0.2) is 18.2 Å². The third kappa shape index (κ3) is 5.41. The maximum absolute atomic E-state index is 12.0. The van der Waals surface area contributed by atoms with Gasteiger partial charge in [0, 0.05) is 12.1 Å². The van der Waals surface area contributed by atoms with E-state index in [1.54, 1.807) is 0 Å². The highest BCUT2D eigenvalue weighted by Gasteiger charge is 2.15. The number of rotatable bonds is 4. The van der Waals surface area contributed by atoms with Crippen molar-refractivity contribution in [1.82, 2.24) is 5.32 Å². The Hall–Kier alpha value is -1.42. The molecule has 2 N–H and O–H groups in total. The molecule has 0 bridgehead atoms. The molecular weight excluding hydrogens is 292 g/mol. The van der Waals surface area contributed by atoms with Crippen molar-refractivity contribution in [3.8, 4) is 0 Å². The fourth-order valence-corrected chi connectivity index (χ4v) is 3.25. The molecule has 0 unspecified atom stereocenters. The number of carbonyl (C=O) groups is 1. The predicted molar refractivity (Wildman–Crippen MR) is 96.1 cm³/mol. The fraction of sp³-hybridized carbons (Fsp3) is 0.556. The van der Waals surface area contributed by atoms with Crippen LogP contribution in [0.2, 0.25) is 0 Å². The minimum absolute atomic E-state index is 0.0216. The van der Waals surface area contributed by atoms with E-state index in [0.717, 1.165) is 23.6 Å². The highest BCUT2D eigenvalue weighted by molar-refractivity contribution is 7.80. The lowest BCUT2D eigenvalue weighted by molar-refractivity contribution is -0.120. The Morgan fingerprint density at radius 1 is 1.23 bits per heavy atom. The summed E-state index contributed by atoms with van der Waals surface area (Å²) in [5, 5.41) is 6.31. The first-order valence-corrected chi connectivity index (χ1v) is 8.63. The van der Waals surface area contributed by atoms with Gasteiger partial charge in [-0.15, -0.1) is 0 Å². The quantitative estimate of drug-likeness (QED) is 0.804. The summed E-state index contributed by atoms with van der Waals surface area (Å²) in [6, 6.07) is 6.15. The molecule has 2 rings (SSSR count). The topological polar surface area (TPSA) is 41.1 Å². The van der Waals surface area contributed by atoms with Crippen LogP contribution in [-0.4, -0.2) is 11.0 Å². The van der Waals surface area contributed by atoms with Gasteiger partial charge < -0.3 is 10.6 Å². The molecular formula is C18H26N2OS. The Morgan fingerprint density at radius 3 is 2.68 bits per heavy atom. The molecule has 0 spiro atoms. The molecule has 1 aromatic rings. The minimum atomic E-state index is 0.0216. The number of benzene rings is 1. The number of thiocarbonyl (C=S) groups is 1. The molecule has 3 nitrogen and oxygen atoms in total. The predicted octanol–water partition coefficient (Wildman–Crippen LogP) is 4.48. The lowest BCUT2D eigenvalue weighted by Crippen LogP contribution is -2.34. The maximum atomic E-state index is 12.0. The van der Waals surface area contributed by atoms with Crippen molar-refractivity contribution < 1.29 is 4.79 Å². The summed E-state index contributed by atoms with van der Waals surface area (Å²) in [6.45, 7) is 4.06. The van der Waals surface area contributed by atoms with Gasteiger partial charge in [0.1, 0.15) is 0 Å². The Morgan fingerprint density at radius 2 is 1.95 bits per heavy atom. The highest BCUT2D eigenvalue weighted by atomic mass is 32.1. The molecule has 0 atom stereocenters. The maximum Gasteiger partial charge on any atom is 0.226 e. The number of hydrogen-bond donors (Lipinski definition) is 2. The van der Waals surface area contributed by atoms with Crippen LogP contribution in [0.5, 0.6) is 0 Å². The first-order chi connectivity index (χ1) is 10.5. The van der Waals surface area contributed by atoms with Gasteiger partial charge in [-0.1, -0.05) is 44.2 Å². The number of hydrogen-bond acceptors (Lipinski definition) is 2. The molecule has 4 heteroatoms. The summed E-state index contributed by atoms with van der Waals surface area (Å²) >= 11 is 5.24. The van der Waals surface area contributed by atoms with Crippen LogP contribution in [0.4, 0.5) is 5.69 Å². The van der Waals surface area contributed by atoms with Gasteiger partial charge in [-0.2, -0.15) is 0 Å². The van der Waals surface area contributed by atoms with Crippen molar-refractivity contribution >= 4 is 28.9 Å². The van der Waals surface area contributed by atoms with Gasteiger partial charge in [-0.05, 0) is 55.6 Å². The Kier molecular flexibility index (Phi) is 6.37. The van der Waals surface area contributed by atoms with Crippen molar-refractivity contribution in [3.05, 3.63) is 29.3 Å². The smallest absolute Gasteiger partial charge is 0.226 e. The summed E-state index contributed by atoms with van der Waals surface area (Å²) in [5.41, 5.74) is 3.24. The van der Waals surface area contributed by atoms with E-state index in [4.69, 9.17) is 12.2 Å². The van der Waals surface area contributed by atoms with Crippen molar-refractivity contribution in [1.29, 1.82) is 0 Å². The Labute approximate surface area is 138 Å². The van der Waals surface area contributed by atoms with E-state index in [-0.39, 0.29) is 5.91 Å². The molecule has 0 saturated heterocycles. The summed E-state index contributed by atoms with van der Waals surface area (Å²) < 4.78 is 0. The summed E-state index contributed by atoms with van der Waals surface area (Å²) in [4.78, 5) is 12.0. The highest BCUT2D eigenvalue weighted by Crippen LogP contribution is 2.27. The molecule has 0 heterocycles. The zero-order valence-corrected chi connectivity index (χ0v) is 14.4. The Bertz CT molecular complexity index is 536. The van der Waals surface area contributed by atoms with Crippen LogP contribution >= 0.6 is 12.2 Å². The van der Waals surface area contributed by atoms with E-state index in [1.807, 2.05) is 26.0 Å². The SMILES string of the molecule is Cc1ccc(C)c(NC(=S)NC(=O)CCC2CCCCC2)c1. The summed E-state index contributed by atoms with van der Waals surface area (Å²) in [6.07, 6.45) is 8.10. The number of aryl methyl sites for hydroxylation is 2. The summed E-state index contributed by atoms with van der Waals surface area (Å²) in [5.74, 6) is 0.744. The molecule has 1 fully saturated rings. The minimum Gasteiger partial charge on any atom is -0.332 e. The van der Waals surface area contributed by atoms with Crippen LogP contribution in [-0.2, 0) is 4.79 Å². The van der Waals surface area contributed by atoms with Crippen LogP contribution in [0, 0.1) is 19.8 Å². The first kappa shape index (κ1) is 16.9. The lowest BCUT2D eigenvalue weighted by Gasteiger charge is -2.21. The van der Waals surface area contributed by atoms with Gasteiger partial charge in [0.05, 0.1) is 0 Å². The second kappa shape index (κ2) is 8.28. The van der Waals surface area contributed by atoms with E-state index in [2.05, 4.69) is 16.7 Å². The number of carbonyl (C=O) groups excluding carboxylic acids is 1. The standard InChI is InChI=1S/C18H26N2OS/c1-13-8-9-14(2)16(12-13)19-18(22)20-17(21)11-10-15-6-4-3-5-7-15/h8-9,12,15H,3-7,10-11H2,1-2H3,(H2,19,20,21,22). The average Bonchev–Trinajstić information content (AvgIpc) is 2.50. The number of nitrogens with one attached hydrogen (secondary N) is 2. The molecule has 0 radical (unpaired) electrons. The van der Waals surface area contributed by atoms with E-state index in [0.29, 0.717) is 11.5 Å². The van der Waals surface area contributed by atoms with Crippen LogP contribution in [0.25, 0.3) is 0 Å². The molecule has 120 valence electrons. The van der Waals surface area contributed by atoms with Gasteiger partial charge in [-0.25, -0.2) is 0 Å². The fourth-order valence-electron chi connectivity index (χ4n) is 3.02. The second-order valence-corrected chi connectivity index (χ2v) is 6.77. The van der Waals surface area contributed by atoms with Crippen molar-refractivity contribution in [3.63, 3.8) is 0 Å². The van der Waals surface area contributed by atoms with Gasteiger partial charge in [0.15, 0.2) is 5.11 Å². The van der Waals surface area contributed by atoms with E-state index >= 15 is 0 Å². The second-order valence-electron chi connectivity index (χ2n) is 6.36. The molecule has 1 amide bonds. The Balaban J connectivity index is 1.76. The lowest BCUT2D eigenvalue weighted by atomic mass is 9.86. The van der Waals surface area contributed by atoms with E-state index in [9.17, 15) is 4.79 Å². The largest absolute Gasteiger partial charge is 0.332 e. The van der Waals surface area contributed by atoms with Crippen LogP contribution < -0.4 is 10.6 Å². The van der Waals surface area contributed by atoms with Crippen molar-refractivity contribution in [2.24, 2.45) is 5.92 Å². The molecule has 22 heavy (non-hydrogen) atoms. The van der Waals surface area contributed by atoms with Gasteiger partial charge >= 0.3 is 0 Å². The van der Waals surface area contributed by atoms with Crippen LogP contribution in [0.1, 0.15) is 56.1 Å².